The van der Waals surface area contributed by atoms with Crippen molar-refractivity contribution in [2.24, 2.45) is 5.92 Å². The molecule has 0 spiro atoms. The van der Waals surface area contributed by atoms with Gasteiger partial charge in [-0.1, -0.05) is 31.3 Å². The Kier molecular flexibility index (Phi) is 3.84. The number of nitrogens with zero attached hydrogens (tertiary/aromatic N) is 2. The van der Waals surface area contributed by atoms with Crippen LogP contribution in [0.15, 0.2) is 4.52 Å². The van der Waals surface area contributed by atoms with Gasteiger partial charge in [0.05, 0.1) is 12.1 Å². The zero-order chi connectivity index (χ0) is 13.2. The Morgan fingerprint density at radius 3 is 3.00 bits per heavy atom. The Morgan fingerprint density at radius 1 is 1.37 bits per heavy atom. The molecule has 1 saturated carbocycles. The molecule has 2 fully saturated rings. The maximum Gasteiger partial charge on any atom is 0.243 e. The molecule has 2 heterocycles. The summed E-state index contributed by atoms with van der Waals surface area (Å²) in [7, 11) is 0. The molecule has 5 heteroatoms. The molecule has 4 atom stereocenters. The molecule has 1 aromatic heterocycles. The molecule has 1 saturated heterocycles. The first kappa shape index (κ1) is 13.1. The van der Waals surface area contributed by atoms with E-state index in [0.29, 0.717) is 24.8 Å². The Balaban J connectivity index is 1.67. The molecule has 1 aliphatic carbocycles. The van der Waals surface area contributed by atoms with Gasteiger partial charge in [0, 0.05) is 12.5 Å². The lowest BCUT2D eigenvalue weighted by Crippen LogP contribution is -2.16. The van der Waals surface area contributed by atoms with Crippen LogP contribution in [0.3, 0.4) is 0 Å². The van der Waals surface area contributed by atoms with Gasteiger partial charge in [-0.05, 0) is 25.2 Å². The highest BCUT2D eigenvalue weighted by Crippen LogP contribution is 2.36. The van der Waals surface area contributed by atoms with Crippen LogP contribution in [0.5, 0.6) is 0 Å². The van der Waals surface area contributed by atoms with Crippen molar-refractivity contribution in [3.8, 4) is 0 Å². The van der Waals surface area contributed by atoms with Crippen LogP contribution in [0.25, 0.3) is 0 Å². The quantitative estimate of drug-likeness (QED) is 0.876. The van der Waals surface area contributed by atoms with Gasteiger partial charge < -0.3 is 14.9 Å². The van der Waals surface area contributed by atoms with Crippen LogP contribution < -0.4 is 5.32 Å². The van der Waals surface area contributed by atoms with Gasteiger partial charge in [0.1, 0.15) is 0 Å². The first-order valence-corrected chi connectivity index (χ1v) is 7.51. The normalized spacial score (nSPS) is 35.7. The number of aliphatic hydroxyl groups excluding tert-OH is 1. The lowest BCUT2D eigenvalue weighted by molar-refractivity contribution is 0.191. The molecule has 0 radical (unpaired) electrons. The monoisotopic (exact) mass is 265 g/mol. The van der Waals surface area contributed by atoms with E-state index in [-0.39, 0.29) is 12.1 Å². The zero-order valence-corrected chi connectivity index (χ0v) is 11.5. The number of aliphatic hydroxyl groups is 1. The maximum absolute atomic E-state index is 9.53. The fraction of sp³-hybridized carbons (Fsp3) is 0.857. The van der Waals surface area contributed by atoms with Gasteiger partial charge in [-0.15, -0.1) is 0 Å². The van der Waals surface area contributed by atoms with Crippen molar-refractivity contribution in [3.63, 3.8) is 0 Å². The molecule has 2 unspecified atom stereocenters. The lowest BCUT2D eigenvalue weighted by atomic mass is 9.80. The fourth-order valence-corrected chi connectivity index (χ4v) is 3.36. The second kappa shape index (κ2) is 5.59. The molecule has 106 valence electrons. The fourth-order valence-electron chi connectivity index (χ4n) is 3.36. The van der Waals surface area contributed by atoms with E-state index in [1.807, 2.05) is 0 Å². The third kappa shape index (κ3) is 2.82. The summed E-state index contributed by atoms with van der Waals surface area (Å²) in [6.07, 6.45) is 6.61. The summed E-state index contributed by atoms with van der Waals surface area (Å²) in [5.74, 6) is 2.79. The van der Waals surface area contributed by atoms with Gasteiger partial charge in [-0.3, -0.25) is 0 Å². The van der Waals surface area contributed by atoms with E-state index in [1.54, 1.807) is 0 Å². The van der Waals surface area contributed by atoms with Gasteiger partial charge >= 0.3 is 0 Å². The van der Waals surface area contributed by atoms with Crippen molar-refractivity contribution in [2.45, 2.75) is 63.5 Å². The third-order valence-corrected chi connectivity index (χ3v) is 4.59. The molecule has 1 aromatic rings. The van der Waals surface area contributed by atoms with Crippen LogP contribution in [0.4, 0.5) is 0 Å². The van der Waals surface area contributed by atoms with Gasteiger partial charge in [0.15, 0.2) is 5.82 Å². The molecule has 19 heavy (non-hydrogen) atoms. The highest BCUT2D eigenvalue weighted by molar-refractivity contribution is 5.02. The molecule has 2 aliphatic rings. The first-order valence-electron chi connectivity index (χ1n) is 7.51. The van der Waals surface area contributed by atoms with E-state index in [1.165, 1.54) is 32.1 Å². The summed E-state index contributed by atoms with van der Waals surface area (Å²) in [6, 6.07) is 0.0295. The van der Waals surface area contributed by atoms with Crippen LogP contribution in [-0.4, -0.2) is 27.9 Å². The summed E-state index contributed by atoms with van der Waals surface area (Å²) >= 11 is 0. The van der Waals surface area contributed by atoms with Crippen molar-refractivity contribution in [3.05, 3.63) is 11.7 Å². The minimum absolute atomic E-state index is 0.0295. The smallest absolute Gasteiger partial charge is 0.243 e. The predicted molar refractivity (Wildman–Crippen MR) is 70.7 cm³/mol. The minimum Gasteiger partial charge on any atom is -0.392 e. The number of hydrogen-bond acceptors (Lipinski definition) is 5. The summed E-state index contributed by atoms with van der Waals surface area (Å²) in [5, 5.41) is 16.9. The second-order valence-electron chi connectivity index (χ2n) is 5.98. The van der Waals surface area contributed by atoms with Crippen molar-refractivity contribution < 1.29 is 9.63 Å². The van der Waals surface area contributed by atoms with E-state index < -0.39 is 0 Å². The van der Waals surface area contributed by atoms with Gasteiger partial charge in [0.2, 0.25) is 5.89 Å². The van der Waals surface area contributed by atoms with Crippen LogP contribution in [0.1, 0.15) is 69.1 Å². The number of hydrogen-bond donors (Lipinski definition) is 2. The second-order valence-corrected chi connectivity index (χ2v) is 5.98. The number of aromatic nitrogens is 2. The number of nitrogens with one attached hydrogen (secondary N) is 1. The topological polar surface area (TPSA) is 71.2 Å². The van der Waals surface area contributed by atoms with Gasteiger partial charge in [-0.2, -0.15) is 4.98 Å². The molecule has 2 N–H and O–H groups in total. The van der Waals surface area contributed by atoms with Crippen molar-refractivity contribution in [2.75, 3.05) is 6.54 Å². The predicted octanol–water partition coefficient (Wildman–Crippen LogP) is 2.15. The lowest BCUT2D eigenvalue weighted by Gasteiger charge is -2.26. The summed E-state index contributed by atoms with van der Waals surface area (Å²) in [6.45, 7) is 2.88. The molecule has 3 rings (SSSR count). The highest BCUT2D eigenvalue weighted by Gasteiger charge is 2.30. The van der Waals surface area contributed by atoms with Crippen LogP contribution >= 0.6 is 0 Å². The van der Waals surface area contributed by atoms with Crippen LogP contribution in [0.2, 0.25) is 0 Å². The molecule has 0 amide bonds. The van der Waals surface area contributed by atoms with Crippen molar-refractivity contribution in [1.29, 1.82) is 0 Å². The first-order chi connectivity index (χ1) is 9.26. The zero-order valence-electron chi connectivity index (χ0n) is 11.5. The molecule has 0 bridgehead atoms. The van der Waals surface area contributed by atoms with Crippen LogP contribution in [0, 0.1) is 5.92 Å². The van der Waals surface area contributed by atoms with Gasteiger partial charge in [0.25, 0.3) is 0 Å². The Hall–Kier alpha value is -0.940. The van der Waals surface area contributed by atoms with E-state index in [4.69, 9.17) is 4.52 Å². The maximum atomic E-state index is 9.53. The summed E-state index contributed by atoms with van der Waals surface area (Å²) in [5.41, 5.74) is 0. The SMILES string of the molecule is CCC1CCCC(c2noc([C@H]3C[C@@H](O)CN3)n2)C1. The number of rotatable bonds is 3. The van der Waals surface area contributed by atoms with Crippen molar-refractivity contribution >= 4 is 0 Å². The van der Waals surface area contributed by atoms with E-state index >= 15 is 0 Å². The average Bonchev–Trinajstić information content (AvgIpc) is 3.07. The Labute approximate surface area is 113 Å². The molecule has 0 aromatic carbocycles. The Bertz CT molecular complexity index is 421. The van der Waals surface area contributed by atoms with E-state index in [9.17, 15) is 5.11 Å². The Morgan fingerprint density at radius 2 is 2.26 bits per heavy atom. The minimum atomic E-state index is -0.292. The van der Waals surface area contributed by atoms with Crippen LogP contribution in [-0.2, 0) is 0 Å². The molecule has 1 aliphatic heterocycles. The van der Waals surface area contributed by atoms with Gasteiger partial charge in [-0.25, -0.2) is 0 Å². The van der Waals surface area contributed by atoms with E-state index in [2.05, 4.69) is 22.4 Å². The molecular weight excluding hydrogens is 242 g/mol. The standard InChI is InChI=1S/C14H23N3O2/c1-2-9-4-3-5-10(6-9)13-16-14(19-17-13)12-7-11(18)8-15-12/h9-12,15,18H,2-8H2,1H3/t9?,10?,11-,12-/m1/s1. The molecule has 5 nitrogen and oxygen atoms in total. The van der Waals surface area contributed by atoms with Crippen molar-refractivity contribution in [1.82, 2.24) is 15.5 Å². The average molecular weight is 265 g/mol. The number of β-amino-alcohol motifs (C(OH)–C–C–N with tert-alkyl or cyclic N) is 1. The molecular formula is C14H23N3O2. The van der Waals surface area contributed by atoms with E-state index in [0.717, 1.165) is 11.7 Å². The highest BCUT2D eigenvalue weighted by atomic mass is 16.5. The largest absolute Gasteiger partial charge is 0.392 e. The third-order valence-electron chi connectivity index (χ3n) is 4.59. The summed E-state index contributed by atoms with van der Waals surface area (Å²) < 4.78 is 5.38. The summed E-state index contributed by atoms with van der Waals surface area (Å²) in [4.78, 5) is 4.57.